The van der Waals surface area contributed by atoms with Gasteiger partial charge in [-0.3, -0.25) is 4.79 Å². The second kappa shape index (κ2) is 10.2. The van der Waals surface area contributed by atoms with E-state index in [4.69, 9.17) is 9.84 Å². The number of hydrogen-bond acceptors (Lipinski definition) is 3. The highest BCUT2D eigenvalue weighted by Crippen LogP contribution is 2.20. The molecule has 0 amide bonds. The minimum absolute atomic E-state index is 0.165. The molecule has 0 aromatic heterocycles. The molecule has 0 bridgehead atoms. The molecule has 0 saturated heterocycles. The van der Waals surface area contributed by atoms with Gasteiger partial charge >= 0.3 is 11.9 Å². The first-order chi connectivity index (χ1) is 11.6. The van der Waals surface area contributed by atoms with E-state index < -0.39 is 11.9 Å². The lowest BCUT2D eigenvalue weighted by molar-refractivity contribution is -0.138. The summed E-state index contributed by atoms with van der Waals surface area (Å²) in [6.45, 7) is 6.01. The summed E-state index contributed by atoms with van der Waals surface area (Å²) >= 11 is 0. The molecule has 1 atom stereocenters. The summed E-state index contributed by atoms with van der Waals surface area (Å²) < 4.78 is 5.23. The van der Waals surface area contributed by atoms with Crippen molar-refractivity contribution >= 4 is 11.9 Å². The first-order valence-electron chi connectivity index (χ1n) is 8.15. The van der Waals surface area contributed by atoms with Gasteiger partial charge in [0.2, 0.25) is 0 Å². The Morgan fingerprint density at radius 1 is 1.00 bits per heavy atom. The SMILES string of the molecule is CC.CC[C@@H](C(=O)O)c1ccc(COC(=O)c2ccccc2)cc1. The topological polar surface area (TPSA) is 63.6 Å². The zero-order valence-electron chi connectivity index (χ0n) is 14.4. The standard InChI is InChI=1S/C18H18O4.C2H6/c1-2-16(17(19)20)14-10-8-13(9-11-14)12-22-18(21)15-6-4-3-5-7-15;1-2/h3-11,16H,2,12H2,1H3,(H,19,20);1-2H3/t16-;/m1./s1. The summed E-state index contributed by atoms with van der Waals surface area (Å²) in [5, 5.41) is 9.13. The van der Waals surface area contributed by atoms with Crippen LogP contribution in [0.1, 0.15) is 54.6 Å². The smallest absolute Gasteiger partial charge is 0.338 e. The molecule has 128 valence electrons. The molecule has 2 aromatic rings. The zero-order valence-corrected chi connectivity index (χ0v) is 14.4. The lowest BCUT2D eigenvalue weighted by Crippen LogP contribution is -2.10. The van der Waals surface area contributed by atoms with Gasteiger partial charge in [0.05, 0.1) is 11.5 Å². The fraction of sp³-hybridized carbons (Fsp3) is 0.300. The van der Waals surface area contributed by atoms with Crippen LogP contribution < -0.4 is 0 Å². The van der Waals surface area contributed by atoms with Gasteiger partial charge in [-0.05, 0) is 29.7 Å². The molecule has 2 rings (SSSR count). The maximum Gasteiger partial charge on any atom is 0.338 e. The van der Waals surface area contributed by atoms with Crippen LogP contribution in [0.5, 0.6) is 0 Å². The van der Waals surface area contributed by atoms with Gasteiger partial charge < -0.3 is 9.84 Å². The van der Waals surface area contributed by atoms with E-state index in [0.29, 0.717) is 12.0 Å². The van der Waals surface area contributed by atoms with Crippen LogP contribution in [0.3, 0.4) is 0 Å². The maximum atomic E-state index is 11.8. The largest absolute Gasteiger partial charge is 0.481 e. The summed E-state index contributed by atoms with van der Waals surface area (Å²) in [7, 11) is 0. The summed E-state index contributed by atoms with van der Waals surface area (Å²) in [4.78, 5) is 22.9. The Kier molecular flexibility index (Phi) is 8.26. The monoisotopic (exact) mass is 328 g/mol. The van der Waals surface area contributed by atoms with Crippen LogP contribution in [0.15, 0.2) is 54.6 Å². The van der Waals surface area contributed by atoms with Gasteiger partial charge in [-0.2, -0.15) is 0 Å². The average molecular weight is 328 g/mol. The Bertz CT molecular complexity index is 632. The summed E-state index contributed by atoms with van der Waals surface area (Å²) in [6.07, 6.45) is 0.539. The minimum Gasteiger partial charge on any atom is -0.481 e. The molecule has 0 radical (unpaired) electrons. The van der Waals surface area contributed by atoms with Crippen LogP contribution >= 0.6 is 0 Å². The first kappa shape index (κ1) is 19.4. The third-order valence-electron chi connectivity index (χ3n) is 3.47. The van der Waals surface area contributed by atoms with E-state index in [9.17, 15) is 9.59 Å². The van der Waals surface area contributed by atoms with E-state index in [1.807, 2.05) is 26.8 Å². The van der Waals surface area contributed by atoms with E-state index >= 15 is 0 Å². The summed E-state index contributed by atoms with van der Waals surface area (Å²) in [5.74, 6) is -1.70. The third-order valence-corrected chi connectivity index (χ3v) is 3.47. The Labute approximate surface area is 143 Å². The van der Waals surface area contributed by atoms with Gasteiger partial charge in [-0.25, -0.2) is 4.79 Å². The number of carbonyl (C=O) groups excluding carboxylic acids is 1. The molecule has 0 aliphatic rings. The fourth-order valence-corrected chi connectivity index (χ4v) is 2.21. The Balaban J connectivity index is 0.00000139. The van der Waals surface area contributed by atoms with Crippen molar-refractivity contribution in [3.05, 3.63) is 71.3 Å². The normalized spacial score (nSPS) is 11.0. The molecule has 1 N–H and O–H groups in total. The van der Waals surface area contributed by atoms with Gasteiger partial charge in [-0.15, -0.1) is 0 Å². The van der Waals surface area contributed by atoms with Crippen LogP contribution in [0, 0.1) is 0 Å². The van der Waals surface area contributed by atoms with Crippen molar-refractivity contribution in [2.24, 2.45) is 0 Å². The number of esters is 1. The highest BCUT2D eigenvalue weighted by Gasteiger charge is 2.17. The quantitative estimate of drug-likeness (QED) is 0.784. The molecular weight excluding hydrogens is 304 g/mol. The zero-order chi connectivity index (χ0) is 17.9. The lowest BCUT2D eigenvalue weighted by Gasteiger charge is -2.11. The van der Waals surface area contributed by atoms with Crippen LogP contribution in [0.4, 0.5) is 0 Å². The van der Waals surface area contributed by atoms with Crippen molar-refractivity contribution in [2.45, 2.75) is 39.7 Å². The van der Waals surface area contributed by atoms with Gasteiger partial charge in [0.15, 0.2) is 0 Å². The van der Waals surface area contributed by atoms with Crippen molar-refractivity contribution in [1.29, 1.82) is 0 Å². The number of rotatable bonds is 6. The van der Waals surface area contributed by atoms with Crippen molar-refractivity contribution in [2.75, 3.05) is 0 Å². The second-order valence-corrected chi connectivity index (χ2v) is 4.98. The molecule has 0 heterocycles. The predicted octanol–water partition coefficient (Wildman–Crippen LogP) is 4.65. The van der Waals surface area contributed by atoms with Crippen LogP contribution in [-0.4, -0.2) is 17.0 Å². The first-order valence-corrected chi connectivity index (χ1v) is 8.15. The van der Waals surface area contributed by atoms with E-state index in [0.717, 1.165) is 11.1 Å². The predicted molar refractivity (Wildman–Crippen MR) is 94.0 cm³/mol. The summed E-state index contributed by atoms with van der Waals surface area (Å²) in [5.41, 5.74) is 2.09. The number of carboxylic acids is 1. The molecule has 0 fully saturated rings. The van der Waals surface area contributed by atoms with Crippen molar-refractivity contribution < 1.29 is 19.4 Å². The van der Waals surface area contributed by atoms with Crippen LogP contribution in [0.2, 0.25) is 0 Å². The molecular formula is C20H24O4. The van der Waals surface area contributed by atoms with Crippen molar-refractivity contribution in [1.82, 2.24) is 0 Å². The molecule has 0 saturated carbocycles. The van der Waals surface area contributed by atoms with Crippen molar-refractivity contribution in [3.8, 4) is 0 Å². The van der Waals surface area contributed by atoms with E-state index in [1.54, 1.807) is 48.5 Å². The molecule has 24 heavy (non-hydrogen) atoms. The number of carbonyl (C=O) groups is 2. The van der Waals surface area contributed by atoms with Crippen molar-refractivity contribution in [3.63, 3.8) is 0 Å². The Morgan fingerprint density at radius 2 is 1.58 bits per heavy atom. The number of aliphatic carboxylic acids is 1. The number of carboxylic acid groups (broad SMARTS) is 1. The number of benzene rings is 2. The molecule has 4 heteroatoms. The van der Waals surface area contributed by atoms with E-state index in [2.05, 4.69) is 0 Å². The maximum absolute atomic E-state index is 11.8. The fourth-order valence-electron chi connectivity index (χ4n) is 2.21. The molecule has 2 aromatic carbocycles. The highest BCUT2D eigenvalue weighted by molar-refractivity contribution is 5.89. The Hall–Kier alpha value is -2.62. The Morgan fingerprint density at radius 3 is 2.08 bits per heavy atom. The summed E-state index contributed by atoms with van der Waals surface area (Å²) in [6, 6.07) is 15.9. The average Bonchev–Trinajstić information content (AvgIpc) is 2.63. The number of hydrogen-bond donors (Lipinski definition) is 1. The minimum atomic E-state index is -0.828. The van der Waals surface area contributed by atoms with Crippen LogP contribution in [0.25, 0.3) is 0 Å². The van der Waals surface area contributed by atoms with Gasteiger partial charge in [0.1, 0.15) is 6.61 Å². The van der Waals surface area contributed by atoms with Gasteiger partial charge in [0.25, 0.3) is 0 Å². The molecule has 0 spiro atoms. The number of ether oxygens (including phenoxy) is 1. The van der Waals surface area contributed by atoms with Gasteiger partial charge in [0, 0.05) is 0 Å². The molecule has 0 aliphatic heterocycles. The van der Waals surface area contributed by atoms with E-state index in [-0.39, 0.29) is 12.6 Å². The van der Waals surface area contributed by atoms with Gasteiger partial charge in [-0.1, -0.05) is 63.2 Å². The van der Waals surface area contributed by atoms with Crippen LogP contribution in [-0.2, 0) is 16.1 Å². The molecule has 0 aliphatic carbocycles. The molecule has 0 unspecified atom stereocenters. The third kappa shape index (κ3) is 5.54. The lowest BCUT2D eigenvalue weighted by atomic mass is 9.96. The second-order valence-electron chi connectivity index (χ2n) is 4.98. The molecule has 4 nitrogen and oxygen atoms in total. The van der Waals surface area contributed by atoms with E-state index in [1.165, 1.54) is 0 Å². The highest BCUT2D eigenvalue weighted by atomic mass is 16.5.